The molecule has 49 heavy (non-hydrogen) atoms. The number of imidazole rings is 1. The first-order chi connectivity index (χ1) is 23.6. The highest BCUT2D eigenvalue weighted by molar-refractivity contribution is 5.97. The minimum atomic E-state index is -4.49. The summed E-state index contributed by atoms with van der Waals surface area (Å²) in [5.74, 6) is 0.572. The average molecular weight is 669 g/mol. The first kappa shape index (κ1) is 33.9. The fraction of sp³-hybridized carbons (Fsp3) is 0.289. The number of nitrogens with one attached hydrogen (secondary N) is 1. The maximum Gasteiger partial charge on any atom is 0.416 e. The Morgan fingerprint density at radius 1 is 0.898 bits per heavy atom. The second-order valence-corrected chi connectivity index (χ2v) is 12.5. The van der Waals surface area contributed by atoms with Crippen molar-refractivity contribution in [1.82, 2.24) is 14.5 Å². The standard InChI is InChI=1S/C38H39F3N6O2/c39-38(40,41)31-4-1-3-28(19-31)23-46(22-27-8-6-26(21-42)7-9-27)37(48)30-15-16-34-33(20-30)45-35(47(34)24-32-5-2-18-49-32)17-12-25-10-13-29(14-11-25)36(43)44/h1,3-4,6-11,13-16,19-20,32H,2,5,12,17-18,21-24,42H2,(H3,43,44). The van der Waals surface area contributed by atoms with E-state index >= 15 is 0 Å². The molecule has 4 aromatic carbocycles. The average Bonchev–Trinajstić information content (AvgIpc) is 3.74. The molecule has 1 aliphatic rings. The van der Waals surface area contributed by atoms with E-state index < -0.39 is 11.7 Å². The van der Waals surface area contributed by atoms with Gasteiger partial charge in [-0.1, -0.05) is 60.7 Å². The molecule has 1 saturated heterocycles. The Balaban J connectivity index is 1.31. The molecule has 2 heterocycles. The molecule has 1 atom stereocenters. The number of ether oxygens (including phenoxy) is 1. The second kappa shape index (κ2) is 14.6. The number of nitrogens with two attached hydrogens (primary N) is 2. The first-order valence-corrected chi connectivity index (χ1v) is 16.3. The summed E-state index contributed by atoms with van der Waals surface area (Å²) in [6.45, 7) is 1.92. The van der Waals surface area contributed by atoms with Crippen LogP contribution in [0.3, 0.4) is 0 Å². The van der Waals surface area contributed by atoms with Crippen molar-refractivity contribution in [2.24, 2.45) is 11.5 Å². The monoisotopic (exact) mass is 668 g/mol. The summed E-state index contributed by atoms with van der Waals surface area (Å²) in [5.41, 5.74) is 16.5. The Hall–Kier alpha value is -5.00. The van der Waals surface area contributed by atoms with Crippen molar-refractivity contribution in [2.45, 2.75) is 64.1 Å². The van der Waals surface area contributed by atoms with Gasteiger partial charge in [-0.15, -0.1) is 0 Å². The highest BCUT2D eigenvalue weighted by atomic mass is 19.4. The predicted octanol–water partition coefficient (Wildman–Crippen LogP) is 6.60. The van der Waals surface area contributed by atoms with Gasteiger partial charge in [0.1, 0.15) is 11.7 Å². The number of aryl methyl sites for hydroxylation is 2. The number of nitrogen functional groups attached to an aromatic ring is 1. The molecule has 0 aliphatic carbocycles. The lowest BCUT2D eigenvalue weighted by Crippen LogP contribution is -2.30. The van der Waals surface area contributed by atoms with Crippen molar-refractivity contribution >= 4 is 22.8 Å². The van der Waals surface area contributed by atoms with E-state index in [0.717, 1.165) is 59.6 Å². The maximum atomic E-state index is 14.2. The lowest BCUT2D eigenvalue weighted by Gasteiger charge is -2.24. The molecule has 1 amide bonds. The molecule has 0 bridgehead atoms. The van der Waals surface area contributed by atoms with Crippen LogP contribution in [0.1, 0.15) is 62.4 Å². The minimum absolute atomic E-state index is 0.0133. The largest absolute Gasteiger partial charge is 0.416 e. The molecule has 1 aromatic heterocycles. The molecule has 11 heteroatoms. The minimum Gasteiger partial charge on any atom is -0.384 e. The number of carbonyl (C=O) groups excluding carboxylic acids is 1. The van der Waals surface area contributed by atoms with E-state index in [2.05, 4.69) is 4.57 Å². The summed E-state index contributed by atoms with van der Waals surface area (Å²) < 4.78 is 48.7. The lowest BCUT2D eigenvalue weighted by molar-refractivity contribution is -0.137. The highest BCUT2D eigenvalue weighted by Crippen LogP contribution is 2.30. The Morgan fingerprint density at radius 2 is 1.59 bits per heavy atom. The molecule has 8 nitrogen and oxygen atoms in total. The summed E-state index contributed by atoms with van der Waals surface area (Å²) in [5, 5.41) is 7.65. The number of fused-ring (bicyclic) bond motifs is 1. The van der Waals surface area contributed by atoms with Crippen molar-refractivity contribution in [3.8, 4) is 0 Å². The van der Waals surface area contributed by atoms with Gasteiger partial charge in [0.15, 0.2) is 0 Å². The number of halogens is 3. The van der Waals surface area contributed by atoms with Crippen LogP contribution >= 0.6 is 0 Å². The molecular formula is C38H39F3N6O2. The van der Waals surface area contributed by atoms with Crippen LogP contribution in [0.15, 0.2) is 91.0 Å². The molecule has 1 unspecified atom stereocenters. The number of carbonyl (C=O) groups is 1. The van der Waals surface area contributed by atoms with Gasteiger partial charge in [0, 0.05) is 43.8 Å². The molecule has 6 rings (SSSR count). The van der Waals surface area contributed by atoms with Gasteiger partial charge in [-0.2, -0.15) is 13.2 Å². The van der Waals surface area contributed by atoms with E-state index in [4.69, 9.17) is 26.6 Å². The molecule has 1 fully saturated rings. The molecule has 1 aliphatic heterocycles. The summed E-state index contributed by atoms with van der Waals surface area (Å²) >= 11 is 0. The number of alkyl halides is 3. The molecule has 5 aromatic rings. The van der Waals surface area contributed by atoms with Crippen molar-refractivity contribution in [2.75, 3.05) is 6.61 Å². The number of hydrogen-bond donors (Lipinski definition) is 3. The molecule has 0 spiro atoms. The van der Waals surface area contributed by atoms with E-state index in [1.807, 2.05) is 54.6 Å². The molecule has 254 valence electrons. The third kappa shape index (κ3) is 8.18. The van der Waals surface area contributed by atoms with Crippen LogP contribution in [0.4, 0.5) is 13.2 Å². The molecule has 0 radical (unpaired) electrons. The fourth-order valence-electron chi connectivity index (χ4n) is 6.26. The smallest absolute Gasteiger partial charge is 0.384 e. The number of benzene rings is 4. The van der Waals surface area contributed by atoms with Crippen molar-refractivity contribution in [3.05, 3.63) is 136 Å². The van der Waals surface area contributed by atoms with Crippen LogP contribution in [0, 0.1) is 5.41 Å². The van der Waals surface area contributed by atoms with E-state index in [9.17, 15) is 18.0 Å². The van der Waals surface area contributed by atoms with E-state index in [-0.39, 0.29) is 30.9 Å². The summed E-state index contributed by atoms with van der Waals surface area (Å²) in [6.07, 6.45) is -1.10. The van der Waals surface area contributed by atoms with Crippen molar-refractivity contribution in [3.63, 3.8) is 0 Å². The quantitative estimate of drug-likeness (QED) is 0.102. The van der Waals surface area contributed by atoms with Crippen molar-refractivity contribution < 1.29 is 22.7 Å². The zero-order valence-electron chi connectivity index (χ0n) is 27.0. The summed E-state index contributed by atoms with van der Waals surface area (Å²) in [6, 6.07) is 25.6. The molecule has 0 saturated carbocycles. The molecule has 5 N–H and O–H groups in total. The normalized spacial score (nSPS) is 14.7. The van der Waals surface area contributed by atoms with E-state index in [0.29, 0.717) is 48.1 Å². The van der Waals surface area contributed by atoms with Gasteiger partial charge in [0.25, 0.3) is 5.91 Å². The number of amides is 1. The van der Waals surface area contributed by atoms with Gasteiger partial charge in [-0.25, -0.2) is 4.98 Å². The van der Waals surface area contributed by atoms with E-state index in [1.165, 1.54) is 6.07 Å². The Kier molecular flexibility index (Phi) is 10.1. The Bertz CT molecular complexity index is 1930. The zero-order chi connectivity index (χ0) is 34.5. The number of rotatable bonds is 12. The second-order valence-electron chi connectivity index (χ2n) is 12.5. The van der Waals surface area contributed by atoms with Gasteiger partial charge in [0.05, 0.1) is 29.2 Å². The fourth-order valence-corrected chi connectivity index (χ4v) is 6.26. The van der Waals surface area contributed by atoms with Crippen LogP contribution in [0.2, 0.25) is 0 Å². The summed E-state index contributed by atoms with van der Waals surface area (Å²) in [7, 11) is 0. The van der Waals surface area contributed by atoms with Gasteiger partial charge in [0.2, 0.25) is 0 Å². The van der Waals surface area contributed by atoms with Crippen LogP contribution in [-0.2, 0) is 49.9 Å². The van der Waals surface area contributed by atoms with Gasteiger partial charge < -0.3 is 25.7 Å². The van der Waals surface area contributed by atoms with Crippen LogP contribution < -0.4 is 11.5 Å². The van der Waals surface area contributed by atoms with E-state index in [1.54, 1.807) is 23.1 Å². The van der Waals surface area contributed by atoms with Gasteiger partial charge in [-0.3, -0.25) is 10.2 Å². The SMILES string of the molecule is N=C(N)c1ccc(CCc2nc3cc(C(=O)N(Cc4ccc(CN)cc4)Cc4cccc(C(F)(F)F)c4)ccc3n2CC2CCCO2)cc1. The highest BCUT2D eigenvalue weighted by Gasteiger charge is 2.31. The third-order valence-electron chi connectivity index (χ3n) is 8.93. The number of hydrogen-bond acceptors (Lipinski definition) is 5. The number of nitrogens with zero attached hydrogens (tertiary/aromatic N) is 3. The number of aromatic nitrogens is 2. The van der Waals surface area contributed by atoms with Crippen LogP contribution in [-0.4, -0.2) is 38.9 Å². The topological polar surface area (TPSA) is 123 Å². The van der Waals surface area contributed by atoms with Crippen LogP contribution in [0.25, 0.3) is 11.0 Å². The van der Waals surface area contributed by atoms with Crippen LogP contribution in [0.5, 0.6) is 0 Å². The van der Waals surface area contributed by atoms with Gasteiger partial charge >= 0.3 is 6.18 Å². The number of amidine groups is 1. The first-order valence-electron chi connectivity index (χ1n) is 16.3. The lowest BCUT2D eigenvalue weighted by atomic mass is 10.1. The van der Waals surface area contributed by atoms with Crippen molar-refractivity contribution in [1.29, 1.82) is 5.41 Å². The Labute approximate surface area is 283 Å². The van der Waals surface area contributed by atoms with Gasteiger partial charge in [-0.05, 0) is 71.8 Å². The zero-order valence-corrected chi connectivity index (χ0v) is 27.0. The maximum absolute atomic E-state index is 14.2. The summed E-state index contributed by atoms with van der Waals surface area (Å²) in [4.78, 5) is 20.7. The third-order valence-corrected chi connectivity index (χ3v) is 8.93. The predicted molar refractivity (Wildman–Crippen MR) is 183 cm³/mol. The Morgan fingerprint density at radius 3 is 2.27 bits per heavy atom. The molecular weight excluding hydrogens is 629 g/mol.